The zero-order valence-electron chi connectivity index (χ0n) is 16.8. The summed E-state index contributed by atoms with van der Waals surface area (Å²) in [6.07, 6.45) is -1.30. The van der Waals surface area contributed by atoms with Crippen LogP contribution in [0, 0.1) is 6.92 Å². The van der Waals surface area contributed by atoms with Gasteiger partial charge in [-0.05, 0) is 50.6 Å². The Bertz CT molecular complexity index is 1050. The Balaban J connectivity index is 2.35. The summed E-state index contributed by atoms with van der Waals surface area (Å²) in [7, 11) is -3.97. The molecule has 2 aromatic rings. The summed E-state index contributed by atoms with van der Waals surface area (Å²) < 4.78 is 32.8. The fourth-order valence-electron chi connectivity index (χ4n) is 2.71. The smallest absolute Gasteiger partial charge is 0.338 e. The van der Waals surface area contributed by atoms with Gasteiger partial charge in [-0.25, -0.2) is 18.0 Å². The topological polar surface area (TPSA) is 136 Å². The molecule has 1 unspecified atom stereocenters. The zero-order valence-corrected chi connectivity index (χ0v) is 17.6. The number of hydrogen-bond acceptors (Lipinski definition) is 6. The minimum Gasteiger partial charge on any atom is -0.449 e. The molecule has 1 atom stereocenters. The number of carbonyl (C=O) groups excluding carboxylic acids is 3. The van der Waals surface area contributed by atoms with Gasteiger partial charge in [0.25, 0.3) is 15.9 Å². The molecule has 0 fully saturated rings. The van der Waals surface area contributed by atoms with Crippen molar-refractivity contribution in [2.24, 2.45) is 5.73 Å². The number of esters is 1. The Hall–Kier alpha value is -3.40. The van der Waals surface area contributed by atoms with Crippen LogP contribution < -0.4 is 15.4 Å². The van der Waals surface area contributed by atoms with Crippen LogP contribution in [-0.4, -0.2) is 39.0 Å². The second kappa shape index (κ2) is 9.40. The Morgan fingerprint density at radius 1 is 1.13 bits per heavy atom. The van der Waals surface area contributed by atoms with E-state index in [2.05, 4.69) is 0 Å². The number of nitrogens with zero attached hydrogens (tertiary/aromatic N) is 1. The predicted molar refractivity (Wildman–Crippen MR) is 110 cm³/mol. The summed E-state index contributed by atoms with van der Waals surface area (Å²) in [6.45, 7) is 4.77. The van der Waals surface area contributed by atoms with Gasteiger partial charge in [0, 0.05) is 6.54 Å². The van der Waals surface area contributed by atoms with E-state index in [1.54, 1.807) is 49.5 Å². The SMILES string of the molecule is CCN(c1ccccc1)S(=O)(=O)c1cc(C(=O)OC(C)C(=O)NC(N)=O)ccc1C. The van der Waals surface area contributed by atoms with Crippen LogP contribution in [0.1, 0.15) is 29.8 Å². The number of benzene rings is 2. The normalized spacial score (nSPS) is 12.0. The molecule has 160 valence electrons. The molecule has 0 radical (unpaired) electrons. The van der Waals surface area contributed by atoms with E-state index in [-0.39, 0.29) is 17.0 Å². The highest BCUT2D eigenvalue weighted by molar-refractivity contribution is 7.92. The van der Waals surface area contributed by atoms with Crippen LogP contribution in [0.5, 0.6) is 0 Å². The first-order valence-electron chi connectivity index (χ1n) is 9.07. The first-order valence-corrected chi connectivity index (χ1v) is 10.5. The fourth-order valence-corrected chi connectivity index (χ4v) is 4.44. The standard InChI is InChI=1S/C20H23N3O6S/c1-4-23(16-8-6-5-7-9-16)30(27,28)17-12-15(11-10-13(17)2)19(25)29-14(3)18(24)22-20(21)26/h5-12,14H,4H2,1-3H3,(H3,21,22,24,26). The minimum atomic E-state index is -3.97. The van der Waals surface area contributed by atoms with Crippen LogP contribution in [0.4, 0.5) is 10.5 Å². The predicted octanol–water partition coefficient (Wildman–Crippen LogP) is 1.95. The second-order valence-electron chi connectivity index (χ2n) is 6.39. The monoisotopic (exact) mass is 433 g/mol. The van der Waals surface area contributed by atoms with Crippen LogP contribution in [0.25, 0.3) is 0 Å². The average molecular weight is 433 g/mol. The van der Waals surface area contributed by atoms with Gasteiger partial charge in [-0.2, -0.15) is 0 Å². The number of rotatable bonds is 7. The molecule has 0 aromatic heterocycles. The number of ether oxygens (including phenoxy) is 1. The number of imide groups is 1. The summed E-state index contributed by atoms with van der Waals surface area (Å²) >= 11 is 0. The number of anilines is 1. The summed E-state index contributed by atoms with van der Waals surface area (Å²) in [6, 6.07) is 11.6. The molecule has 30 heavy (non-hydrogen) atoms. The number of sulfonamides is 1. The van der Waals surface area contributed by atoms with Gasteiger partial charge in [-0.15, -0.1) is 0 Å². The van der Waals surface area contributed by atoms with Crippen molar-refractivity contribution in [3.63, 3.8) is 0 Å². The molecular weight excluding hydrogens is 410 g/mol. The molecule has 0 spiro atoms. The van der Waals surface area contributed by atoms with E-state index in [9.17, 15) is 22.8 Å². The molecule has 9 nitrogen and oxygen atoms in total. The zero-order chi connectivity index (χ0) is 22.5. The molecule has 0 heterocycles. The van der Waals surface area contributed by atoms with Crippen molar-refractivity contribution in [1.82, 2.24) is 5.32 Å². The number of amides is 3. The molecule has 0 aliphatic carbocycles. The van der Waals surface area contributed by atoms with Crippen molar-refractivity contribution in [3.8, 4) is 0 Å². The van der Waals surface area contributed by atoms with E-state index >= 15 is 0 Å². The fraction of sp³-hybridized carbons (Fsp3) is 0.250. The van der Waals surface area contributed by atoms with Gasteiger partial charge in [-0.3, -0.25) is 14.4 Å². The van der Waals surface area contributed by atoms with Crippen LogP contribution in [0.3, 0.4) is 0 Å². The summed E-state index contributed by atoms with van der Waals surface area (Å²) in [5.74, 6) is -1.81. The van der Waals surface area contributed by atoms with Gasteiger partial charge in [0.05, 0.1) is 16.1 Å². The second-order valence-corrected chi connectivity index (χ2v) is 8.22. The lowest BCUT2D eigenvalue weighted by Gasteiger charge is -2.24. The van der Waals surface area contributed by atoms with Crippen molar-refractivity contribution in [3.05, 3.63) is 59.7 Å². The molecule has 0 saturated heterocycles. The van der Waals surface area contributed by atoms with Crippen LogP contribution in [-0.2, 0) is 19.6 Å². The molecule has 0 saturated carbocycles. The van der Waals surface area contributed by atoms with Gasteiger partial charge >= 0.3 is 12.0 Å². The maximum atomic E-state index is 13.3. The average Bonchev–Trinajstić information content (AvgIpc) is 2.68. The molecule has 0 aliphatic heterocycles. The van der Waals surface area contributed by atoms with Gasteiger partial charge in [0.15, 0.2) is 6.10 Å². The van der Waals surface area contributed by atoms with Crippen LogP contribution in [0.2, 0.25) is 0 Å². The van der Waals surface area contributed by atoms with E-state index in [1.165, 1.54) is 29.4 Å². The van der Waals surface area contributed by atoms with Gasteiger partial charge in [0.1, 0.15) is 0 Å². The molecule has 0 bridgehead atoms. The lowest BCUT2D eigenvalue weighted by atomic mass is 10.1. The van der Waals surface area contributed by atoms with Crippen molar-refractivity contribution in [2.75, 3.05) is 10.8 Å². The Kier molecular flexibility index (Phi) is 7.17. The first kappa shape index (κ1) is 22.9. The molecule has 3 amide bonds. The largest absolute Gasteiger partial charge is 0.449 e. The third-order valence-electron chi connectivity index (χ3n) is 4.22. The minimum absolute atomic E-state index is 0.0537. The van der Waals surface area contributed by atoms with E-state index < -0.39 is 34.0 Å². The van der Waals surface area contributed by atoms with Crippen molar-refractivity contribution < 1.29 is 27.5 Å². The van der Waals surface area contributed by atoms with E-state index in [4.69, 9.17) is 10.5 Å². The van der Waals surface area contributed by atoms with Crippen LogP contribution in [0.15, 0.2) is 53.4 Å². The first-order chi connectivity index (χ1) is 14.1. The summed E-state index contributed by atoms with van der Waals surface area (Å²) in [5, 5.41) is 1.80. The number of para-hydroxylation sites is 1. The van der Waals surface area contributed by atoms with Gasteiger partial charge < -0.3 is 10.5 Å². The molecular formula is C20H23N3O6S. The molecule has 0 aliphatic rings. The number of urea groups is 1. The Morgan fingerprint density at radius 3 is 2.33 bits per heavy atom. The lowest BCUT2D eigenvalue weighted by molar-refractivity contribution is -0.127. The quantitative estimate of drug-likeness (QED) is 0.641. The Labute approximate surface area is 174 Å². The highest BCUT2D eigenvalue weighted by Gasteiger charge is 2.27. The van der Waals surface area contributed by atoms with Crippen LogP contribution >= 0.6 is 0 Å². The number of nitrogens with two attached hydrogens (primary N) is 1. The number of aryl methyl sites for hydroxylation is 1. The molecule has 2 aromatic carbocycles. The number of primary amides is 1. The Morgan fingerprint density at radius 2 is 1.77 bits per heavy atom. The number of carbonyl (C=O) groups is 3. The summed E-state index contributed by atoms with van der Waals surface area (Å²) in [5.41, 5.74) is 5.75. The molecule has 10 heteroatoms. The van der Waals surface area contributed by atoms with E-state index in [0.29, 0.717) is 11.3 Å². The van der Waals surface area contributed by atoms with Crippen molar-refractivity contribution in [2.45, 2.75) is 31.8 Å². The maximum absolute atomic E-state index is 13.3. The van der Waals surface area contributed by atoms with E-state index in [1.807, 2.05) is 0 Å². The number of nitrogens with one attached hydrogen (secondary N) is 1. The number of hydrogen-bond donors (Lipinski definition) is 2. The van der Waals surface area contributed by atoms with Gasteiger partial charge in [0.2, 0.25) is 0 Å². The van der Waals surface area contributed by atoms with Crippen molar-refractivity contribution in [1.29, 1.82) is 0 Å². The van der Waals surface area contributed by atoms with E-state index in [0.717, 1.165) is 0 Å². The third kappa shape index (κ3) is 5.15. The molecule has 2 rings (SSSR count). The third-order valence-corrected chi connectivity index (χ3v) is 6.27. The van der Waals surface area contributed by atoms with Crippen molar-refractivity contribution >= 4 is 33.6 Å². The summed E-state index contributed by atoms with van der Waals surface area (Å²) in [4.78, 5) is 34.8. The maximum Gasteiger partial charge on any atom is 0.338 e. The van der Waals surface area contributed by atoms with Gasteiger partial charge in [-0.1, -0.05) is 24.3 Å². The highest BCUT2D eigenvalue weighted by Crippen LogP contribution is 2.26. The highest BCUT2D eigenvalue weighted by atomic mass is 32.2. The lowest BCUT2D eigenvalue weighted by Crippen LogP contribution is -2.42. The molecule has 3 N–H and O–H groups in total.